The van der Waals surface area contributed by atoms with Crippen LogP contribution in [0.4, 0.5) is 0 Å². The molecule has 0 saturated heterocycles. The number of rotatable bonds is 4. The van der Waals surface area contributed by atoms with Crippen molar-refractivity contribution in [3.05, 3.63) is 29.6 Å². The second-order valence-corrected chi connectivity index (χ2v) is 4.43. The van der Waals surface area contributed by atoms with Crippen molar-refractivity contribution in [2.75, 3.05) is 0 Å². The van der Waals surface area contributed by atoms with Crippen molar-refractivity contribution < 1.29 is 0 Å². The molecule has 2 nitrogen and oxygen atoms in total. The zero-order valence-electron chi connectivity index (χ0n) is 9.83. The van der Waals surface area contributed by atoms with Crippen LogP contribution in [0.5, 0.6) is 0 Å². The van der Waals surface area contributed by atoms with Gasteiger partial charge in [0.1, 0.15) is 5.82 Å². The lowest BCUT2D eigenvalue weighted by Crippen LogP contribution is -2.02. The fraction of sp³-hybridized carbons (Fsp3) is 0.462. The average molecular weight is 237 g/mol. The first-order valence-electron chi connectivity index (χ1n) is 5.78. The molecule has 0 aliphatic carbocycles. The molecule has 2 rings (SSSR count). The highest BCUT2D eigenvalue weighted by Crippen LogP contribution is 2.19. The SMILES string of the molecule is CCCCn1c(CCl)nc2ccc(C)cc21. The van der Waals surface area contributed by atoms with Gasteiger partial charge in [0.2, 0.25) is 0 Å². The van der Waals surface area contributed by atoms with E-state index in [0.717, 1.165) is 17.9 Å². The first-order chi connectivity index (χ1) is 7.76. The van der Waals surface area contributed by atoms with E-state index in [2.05, 4.69) is 41.6 Å². The molecule has 0 aliphatic rings. The van der Waals surface area contributed by atoms with E-state index < -0.39 is 0 Å². The maximum Gasteiger partial charge on any atom is 0.124 e. The Morgan fingerprint density at radius 1 is 1.38 bits per heavy atom. The molecule has 0 N–H and O–H groups in total. The number of hydrogen-bond donors (Lipinski definition) is 0. The third-order valence-corrected chi connectivity index (χ3v) is 3.08. The molecule has 0 aliphatic heterocycles. The molecular weight excluding hydrogens is 220 g/mol. The number of aromatic nitrogens is 2. The summed E-state index contributed by atoms with van der Waals surface area (Å²) in [5.41, 5.74) is 3.53. The van der Waals surface area contributed by atoms with Crippen molar-refractivity contribution >= 4 is 22.6 Å². The Kier molecular flexibility index (Phi) is 3.49. The standard InChI is InChI=1S/C13H17ClN2/c1-3-4-7-16-12-8-10(2)5-6-11(12)15-13(16)9-14/h5-6,8H,3-4,7,9H2,1-2H3. The van der Waals surface area contributed by atoms with Crippen LogP contribution in [0, 0.1) is 6.92 Å². The van der Waals surface area contributed by atoms with Crippen LogP contribution in [0.15, 0.2) is 18.2 Å². The Labute approximate surface area is 101 Å². The van der Waals surface area contributed by atoms with Gasteiger partial charge in [-0.25, -0.2) is 4.98 Å². The lowest BCUT2D eigenvalue weighted by Gasteiger charge is -2.06. The van der Waals surface area contributed by atoms with Gasteiger partial charge in [-0.05, 0) is 31.0 Å². The summed E-state index contributed by atoms with van der Waals surface area (Å²) in [5.74, 6) is 1.47. The van der Waals surface area contributed by atoms with Crippen molar-refractivity contribution in [1.82, 2.24) is 9.55 Å². The van der Waals surface area contributed by atoms with Crippen LogP contribution < -0.4 is 0 Å². The number of alkyl halides is 1. The molecule has 3 heteroatoms. The summed E-state index contributed by atoms with van der Waals surface area (Å²) in [6, 6.07) is 6.36. The minimum absolute atomic E-state index is 0.484. The Bertz CT molecular complexity index is 488. The molecular formula is C13H17ClN2. The highest BCUT2D eigenvalue weighted by atomic mass is 35.5. The van der Waals surface area contributed by atoms with E-state index in [-0.39, 0.29) is 0 Å². The summed E-state index contributed by atoms with van der Waals surface area (Å²) in [5, 5.41) is 0. The summed E-state index contributed by atoms with van der Waals surface area (Å²) >= 11 is 5.94. The van der Waals surface area contributed by atoms with Gasteiger partial charge >= 0.3 is 0 Å². The van der Waals surface area contributed by atoms with Crippen molar-refractivity contribution in [2.45, 2.75) is 39.1 Å². The normalized spacial score (nSPS) is 11.2. The number of aryl methyl sites for hydroxylation is 2. The van der Waals surface area contributed by atoms with Crippen LogP contribution in [0.25, 0.3) is 11.0 Å². The number of hydrogen-bond acceptors (Lipinski definition) is 1. The number of halogens is 1. The molecule has 0 spiro atoms. The molecule has 2 aromatic rings. The monoisotopic (exact) mass is 236 g/mol. The largest absolute Gasteiger partial charge is 0.327 e. The minimum atomic E-state index is 0.484. The molecule has 1 heterocycles. The van der Waals surface area contributed by atoms with Crippen LogP contribution in [0.3, 0.4) is 0 Å². The molecule has 1 aromatic carbocycles. The van der Waals surface area contributed by atoms with E-state index in [0.29, 0.717) is 5.88 Å². The van der Waals surface area contributed by atoms with E-state index >= 15 is 0 Å². The number of unbranched alkanes of at least 4 members (excludes halogenated alkanes) is 1. The average Bonchev–Trinajstić information content (AvgIpc) is 2.63. The van der Waals surface area contributed by atoms with E-state index in [4.69, 9.17) is 11.6 Å². The maximum absolute atomic E-state index is 5.94. The predicted octanol–water partition coefficient (Wildman–Crippen LogP) is 3.88. The third kappa shape index (κ3) is 2.07. The van der Waals surface area contributed by atoms with Gasteiger partial charge in [-0.1, -0.05) is 19.4 Å². The highest BCUT2D eigenvalue weighted by molar-refractivity contribution is 6.16. The maximum atomic E-state index is 5.94. The Balaban J connectivity index is 2.52. The lowest BCUT2D eigenvalue weighted by molar-refractivity contribution is 0.628. The van der Waals surface area contributed by atoms with Gasteiger partial charge in [-0.2, -0.15) is 0 Å². The van der Waals surface area contributed by atoms with Gasteiger partial charge in [0.15, 0.2) is 0 Å². The van der Waals surface area contributed by atoms with Crippen molar-refractivity contribution in [2.24, 2.45) is 0 Å². The fourth-order valence-corrected chi connectivity index (χ4v) is 2.15. The van der Waals surface area contributed by atoms with E-state index in [1.54, 1.807) is 0 Å². The smallest absolute Gasteiger partial charge is 0.124 e. The summed E-state index contributed by atoms with van der Waals surface area (Å²) < 4.78 is 2.25. The van der Waals surface area contributed by atoms with Gasteiger partial charge < -0.3 is 4.57 Å². The first kappa shape index (κ1) is 11.5. The Morgan fingerprint density at radius 2 is 2.19 bits per heavy atom. The summed E-state index contributed by atoms with van der Waals surface area (Å²) in [7, 11) is 0. The second kappa shape index (κ2) is 4.88. The van der Waals surface area contributed by atoms with Crippen LogP contribution in [0.2, 0.25) is 0 Å². The molecule has 0 fully saturated rings. The topological polar surface area (TPSA) is 17.8 Å². The predicted molar refractivity (Wildman–Crippen MR) is 68.9 cm³/mol. The van der Waals surface area contributed by atoms with Gasteiger partial charge in [-0.15, -0.1) is 11.6 Å². The van der Waals surface area contributed by atoms with E-state index in [9.17, 15) is 0 Å². The van der Waals surface area contributed by atoms with Crippen molar-refractivity contribution in [3.63, 3.8) is 0 Å². The summed E-state index contributed by atoms with van der Waals surface area (Å²) in [4.78, 5) is 4.56. The zero-order chi connectivity index (χ0) is 11.5. The van der Waals surface area contributed by atoms with Gasteiger partial charge in [0.05, 0.1) is 16.9 Å². The minimum Gasteiger partial charge on any atom is -0.327 e. The molecule has 0 amide bonds. The Hall–Kier alpha value is -1.02. The number of fused-ring (bicyclic) bond motifs is 1. The van der Waals surface area contributed by atoms with E-state index in [1.807, 2.05) is 0 Å². The van der Waals surface area contributed by atoms with Crippen LogP contribution in [-0.4, -0.2) is 9.55 Å². The Morgan fingerprint density at radius 3 is 2.88 bits per heavy atom. The van der Waals surface area contributed by atoms with E-state index in [1.165, 1.54) is 23.9 Å². The third-order valence-electron chi connectivity index (χ3n) is 2.84. The number of benzene rings is 1. The van der Waals surface area contributed by atoms with Crippen LogP contribution in [0.1, 0.15) is 31.2 Å². The van der Waals surface area contributed by atoms with Crippen LogP contribution in [-0.2, 0) is 12.4 Å². The molecule has 1 aromatic heterocycles. The molecule has 86 valence electrons. The number of imidazole rings is 1. The lowest BCUT2D eigenvalue weighted by atomic mass is 10.2. The zero-order valence-corrected chi connectivity index (χ0v) is 10.6. The molecule has 0 atom stereocenters. The second-order valence-electron chi connectivity index (χ2n) is 4.16. The fourth-order valence-electron chi connectivity index (χ4n) is 1.95. The van der Waals surface area contributed by atoms with Gasteiger partial charge in [-0.3, -0.25) is 0 Å². The molecule has 0 saturated carbocycles. The summed E-state index contributed by atoms with van der Waals surface area (Å²) in [6.07, 6.45) is 2.36. The molecule has 16 heavy (non-hydrogen) atoms. The van der Waals surface area contributed by atoms with Crippen molar-refractivity contribution in [3.8, 4) is 0 Å². The first-order valence-corrected chi connectivity index (χ1v) is 6.31. The number of nitrogens with zero attached hydrogens (tertiary/aromatic N) is 2. The van der Waals surface area contributed by atoms with Gasteiger partial charge in [0.25, 0.3) is 0 Å². The van der Waals surface area contributed by atoms with Gasteiger partial charge in [0, 0.05) is 6.54 Å². The summed E-state index contributed by atoms with van der Waals surface area (Å²) in [6.45, 7) is 5.32. The molecule has 0 unspecified atom stereocenters. The quantitative estimate of drug-likeness (QED) is 0.737. The molecule has 0 bridgehead atoms. The van der Waals surface area contributed by atoms with Crippen LogP contribution >= 0.6 is 11.6 Å². The van der Waals surface area contributed by atoms with Crippen molar-refractivity contribution in [1.29, 1.82) is 0 Å². The highest BCUT2D eigenvalue weighted by Gasteiger charge is 2.09. The molecule has 0 radical (unpaired) electrons.